The number of para-hydroxylation sites is 1. The Labute approximate surface area is 113 Å². The maximum Gasteiger partial charge on any atom is 0.247 e. The number of nitriles is 1. The first kappa shape index (κ1) is 13.8. The smallest absolute Gasteiger partial charge is 0.247 e. The van der Waals surface area contributed by atoms with Crippen LogP contribution in [0.5, 0.6) is 5.75 Å². The summed E-state index contributed by atoms with van der Waals surface area (Å²) < 4.78 is 31.8. The van der Waals surface area contributed by atoms with Gasteiger partial charge in [0.1, 0.15) is 10.6 Å². The number of sulfonamides is 1. The molecule has 1 saturated carbocycles. The Bertz CT molecular complexity index is 588. The lowest BCUT2D eigenvalue weighted by molar-refractivity contribution is 0.387. The van der Waals surface area contributed by atoms with E-state index in [1.54, 1.807) is 18.2 Å². The van der Waals surface area contributed by atoms with Crippen LogP contribution in [0.25, 0.3) is 0 Å². The van der Waals surface area contributed by atoms with Crippen molar-refractivity contribution in [2.75, 3.05) is 13.7 Å². The largest absolute Gasteiger partial charge is 0.495 e. The third kappa shape index (κ3) is 2.88. The molecule has 1 aliphatic rings. The second-order valence-corrected chi connectivity index (χ2v) is 6.26. The molecule has 0 spiro atoms. The van der Waals surface area contributed by atoms with Crippen molar-refractivity contribution in [1.82, 2.24) is 4.31 Å². The standard InChI is InChI=1S/C13H16N2O3S/c1-18-12-5-2-3-6-13(12)19(16,17)15(10-4-9-14)11-7-8-11/h2-3,5-6,11H,4,7-8,10H2,1H3. The molecular weight excluding hydrogens is 264 g/mol. The van der Waals surface area contributed by atoms with Gasteiger partial charge < -0.3 is 4.74 Å². The molecule has 6 heteroatoms. The predicted molar refractivity (Wildman–Crippen MR) is 70.1 cm³/mol. The summed E-state index contributed by atoms with van der Waals surface area (Å²) in [7, 11) is -2.15. The molecule has 1 aliphatic carbocycles. The van der Waals surface area contributed by atoms with Gasteiger partial charge in [0.2, 0.25) is 10.0 Å². The van der Waals surface area contributed by atoms with Crippen LogP contribution in [0.1, 0.15) is 19.3 Å². The molecule has 0 aliphatic heterocycles. The highest BCUT2D eigenvalue weighted by atomic mass is 32.2. The molecule has 0 bridgehead atoms. The summed E-state index contributed by atoms with van der Waals surface area (Å²) in [6.07, 6.45) is 1.92. The number of methoxy groups -OCH3 is 1. The molecule has 5 nitrogen and oxygen atoms in total. The minimum atomic E-state index is -3.60. The van der Waals surface area contributed by atoms with E-state index < -0.39 is 10.0 Å². The number of benzene rings is 1. The van der Waals surface area contributed by atoms with E-state index in [0.29, 0.717) is 5.75 Å². The maximum atomic E-state index is 12.6. The van der Waals surface area contributed by atoms with E-state index in [4.69, 9.17) is 10.00 Å². The second kappa shape index (κ2) is 5.59. The van der Waals surface area contributed by atoms with Gasteiger partial charge in [-0.3, -0.25) is 0 Å². The van der Waals surface area contributed by atoms with Crippen LogP contribution in [0.4, 0.5) is 0 Å². The van der Waals surface area contributed by atoms with Gasteiger partial charge in [0, 0.05) is 19.0 Å². The molecule has 0 heterocycles. The Morgan fingerprint density at radius 3 is 2.68 bits per heavy atom. The SMILES string of the molecule is COc1ccccc1S(=O)(=O)N(CCC#N)C1CC1. The van der Waals surface area contributed by atoms with Gasteiger partial charge in [0.05, 0.1) is 13.2 Å². The average Bonchev–Trinajstić information content (AvgIpc) is 3.23. The van der Waals surface area contributed by atoms with E-state index in [1.807, 2.05) is 6.07 Å². The van der Waals surface area contributed by atoms with Crippen molar-refractivity contribution in [2.45, 2.75) is 30.2 Å². The number of hydrogen-bond acceptors (Lipinski definition) is 4. The molecular formula is C13H16N2O3S. The molecule has 0 aromatic heterocycles. The third-order valence-electron chi connectivity index (χ3n) is 3.05. The van der Waals surface area contributed by atoms with E-state index in [0.717, 1.165) is 12.8 Å². The van der Waals surface area contributed by atoms with Gasteiger partial charge in [-0.2, -0.15) is 9.57 Å². The monoisotopic (exact) mass is 280 g/mol. The fraction of sp³-hybridized carbons (Fsp3) is 0.462. The number of rotatable bonds is 6. The molecule has 0 atom stereocenters. The fourth-order valence-electron chi connectivity index (χ4n) is 1.98. The second-order valence-electron chi connectivity index (χ2n) is 4.41. The normalized spacial score (nSPS) is 15.2. The lowest BCUT2D eigenvalue weighted by atomic mass is 10.3. The van der Waals surface area contributed by atoms with Gasteiger partial charge >= 0.3 is 0 Å². The zero-order chi connectivity index (χ0) is 13.9. The quantitative estimate of drug-likeness (QED) is 0.796. The van der Waals surface area contributed by atoms with E-state index in [2.05, 4.69) is 0 Å². The fourth-order valence-corrected chi connectivity index (χ4v) is 3.82. The van der Waals surface area contributed by atoms with Crippen molar-refractivity contribution < 1.29 is 13.2 Å². The molecule has 1 aromatic rings. The maximum absolute atomic E-state index is 12.6. The van der Waals surface area contributed by atoms with Crippen LogP contribution in [0.15, 0.2) is 29.2 Å². The van der Waals surface area contributed by atoms with E-state index in [9.17, 15) is 8.42 Å². The lowest BCUT2D eigenvalue weighted by Crippen LogP contribution is -2.34. The van der Waals surface area contributed by atoms with Crippen molar-refractivity contribution in [1.29, 1.82) is 5.26 Å². The Morgan fingerprint density at radius 1 is 1.42 bits per heavy atom. The molecule has 0 amide bonds. The first-order valence-electron chi connectivity index (χ1n) is 6.13. The van der Waals surface area contributed by atoms with Crippen molar-refractivity contribution in [3.05, 3.63) is 24.3 Å². The van der Waals surface area contributed by atoms with E-state index in [-0.39, 0.29) is 23.9 Å². The summed E-state index contributed by atoms with van der Waals surface area (Å²) >= 11 is 0. The number of nitrogens with zero attached hydrogens (tertiary/aromatic N) is 2. The zero-order valence-corrected chi connectivity index (χ0v) is 11.6. The molecule has 1 aromatic carbocycles. The van der Waals surface area contributed by atoms with Crippen molar-refractivity contribution in [3.63, 3.8) is 0 Å². The minimum absolute atomic E-state index is 0.0308. The van der Waals surface area contributed by atoms with E-state index in [1.165, 1.54) is 17.5 Å². The summed E-state index contributed by atoms with van der Waals surface area (Å²) in [6, 6.07) is 8.59. The minimum Gasteiger partial charge on any atom is -0.495 e. The van der Waals surface area contributed by atoms with Crippen LogP contribution in [-0.2, 0) is 10.0 Å². The predicted octanol–water partition coefficient (Wildman–Crippen LogP) is 1.76. The van der Waals surface area contributed by atoms with Gasteiger partial charge in [-0.05, 0) is 25.0 Å². The summed E-state index contributed by atoms with van der Waals surface area (Å²) in [4.78, 5) is 0.169. The van der Waals surface area contributed by atoms with Gasteiger partial charge in [-0.15, -0.1) is 0 Å². The van der Waals surface area contributed by atoms with Crippen LogP contribution in [0, 0.1) is 11.3 Å². The lowest BCUT2D eigenvalue weighted by Gasteiger charge is -2.21. The Morgan fingerprint density at radius 2 is 2.11 bits per heavy atom. The van der Waals surface area contributed by atoms with Crippen molar-refractivity contribution >= 4 is 10.0 Å². The third-order valence-corrected chi connectivity index (χ3v) is 5.05. The van der Waals surface area contributed by atoms with Crippen LogP contribution < -0.4 is 4.74 Å². The van der Waals surface area contributed by atoms with Crippen LogP contribution >= 0.6 is 0 Å². The highest BCUT2D eigenvalue weighted by molar-refractivity contribution is 7.89. The molecule has 0 radical (unpaired) electrons. The highest BCUT2D eigenvalue weighted by Gasteiger charge is 2.38. The summed E-state index contributed by atoms with van der Waals surface area (Å²) in [5, 5.41) is 8.66. The van der Waals surface area contributed by atoms with Gasteiger partial charge in [0.25, 0.3) is 0 Å². The highest BCUT2D eigenvalue weighted by Crippen LogP contribution is 2.34. The Hall–Kier alpha value is -1.58. The Balaban J connectivity index is 2.36. The zero-order valence-electron chi connectivity index (χ0n) is 10.7. The van der Waals surface area contributed by atoms with Gasteiger partial charge in [-0.1, -0.05) is 12.1 Å². The number of hydrogen-bond donors (Lipinski definition) is 0. The van der Waals surface area contributed by atoms with Gasteiger partial charge in [0.15, 0.2) is 0 Å². The summed E-state index contributed by atoms with van der Waals surface area (Å²) in [5.74, 6) is 0.338. The molecule has 19 heavy (non-hydrogen) atoms. The summed E-state index contributed by atoms with van der Waals surface area (Å²) in [6.45, 7) is 0.238. The van der Waals surface area contributed by atoms with Crippen LogP contribution in [0.2, 0.25) is 0 Å². The first-order valence-corrected chi connectivity index (χ1v) is 7.57. The molecule has 0 N–H and O–H groups in total. The van der Waals surface area contributed by atoms with Crippen molar-refractivity contribution in [2.24, 2.45) is 0 Å². The topological polar surface area (TPSA) is 70.4 Å². The van der Waals surface area contributed by atoms with E-state index >= 15 is 0 Å². The first-order chi connectivity index (χ1) is 9.11. The molecule has 0 unspecified atom stereocenters. The molecule has 1 fully saturated rings. The molecule has 0 saturated heterocycles. The van der Waals surface area contributed by atoms with Gasteiger partial charge in [-0.25, -0.2) is 8.42 Å². The number of ether oxygens (including phenoxy) is 1. The summed E-state index contributed by atoms with van der Waals surface area (Å²) in [5.41, 5.74) is 0. The average molecular weight is 280 g/mol. The van der Waals surface area contributed by atoms with Crippen LogP contribution in [-0.4, -0.2) is 32.4 Å². The Kier molecular flexibility index (Phi) is 4.08. The molecule has 102 valence electrons. The molecule has 2 rings (SSSR count). The van der Waals surface area contributed by atoms with Crippen LogP contribution in [0.3, 0.4) is 0 Å². The van der Waals surface area contributed by atoms with Crippen molar-refractivity contribution in [3.8, 4) is 11.8 Å².